The van der Waals surface area contributed by atoms with Crippen LogP contribution in [0.1, 0.15) is 40.0 Å². The highest BCUT2D eigenvalue weighted by atomic mass is 32.2. The van der Waals surface area contributed by atoms with Crippen molar-refractivity contribution in [2.45, 2.75) is 51.3 Å². The summed E-state index contributed by atoms with van der Waals surface area (Å²) in [7, 11) is -3.32. The van der Waals surface area contributed by atoms with E-state index in [4.69, 9.17) is 5.73 Å². The zero-order valence-electron chi connectivity index (χ0n) is 10.9. The van der Waals surface area contributed by atoms with Gasteiger partial charge in [-0.25, -0.2) is 8.42 Å². The molecule has 0 radical (unpaired) electrons. The molecule has 6 heteroatoms. The standard InChI is InChI=1S/C11H24N2O3S/c1-4-5-6-10(7-12)13-11(14)8-17(15,16)9(2)3/h9-10H,4-8,12H2,1-3H3,(H,13,14). The monoisotopic (exact) mass is 264 g/mol. The Morgan fingerprint density at radius 2 is 1.94 bits per heavy atom. The Morgan fingerprint density at radius 1 is 1.35 bits per heavy atom. The third-order valence-corrected chi connectivity index (χ3v) is 4.71. The van der Waals surface area contributed by atoms with Gasteiger partial charge in [0.15, 0.2) is 9.84 Å². The van der Waals surface area contributed by atoms with Crippen molar-refractivity contribution < 1.29 is 13.2 Å². The average molecular weight is 264 g/mol. The summed E-state index contributed by atoms with van der Waals surface area (Å²) in [6, 6.07) is -0.121. The molecular weight excluding hydrogens is 240 g/mol. The maximum absolute atomic E-state index is 11.5. The van der Waals surface area contributed by atoms with Crippen molar-refractivity contribution in [3.8, 4) is 0 Å². The molecule has 0 heterocycles. The minimum atomic E-state index is -3.32. The first-order chi connectivity index (χ1) is 7.83. The highest BCUT2D eigenvalue weighted by Gasteiger charge is 2.21. The van der Waals surface area contributed by atoms with Gasteiger partial charge in [0, 0.05) is 12.6 Å². The Balaban J connectivity index is 4.25. The van der Waals surface area contributed by atoms with Crippen LogP contribution in [0, 0.1) is 0 Å². The minimum Gasteiger partial charge on any atom is -0.351 e. The minimum absolute atomic E-state index is 0.121. The molecule has 0 spiro atoms. The first-order valence-corrected chi connectivity index (χ1v) is 7.76. The van der Waals surface area contributed by atoms with Crippen LogP contribution in [0.25, 0.3) is 0 Å². The average Bonchev–Trinajstić information content (AvgIpc) is 2.23. The fraction of sp³-hybridized carbons (Fsp3) is 0.909. The van der Waals surface area contributed by atoms with E-state index >= 15 is 0 Å². The summed E-state index contributed by atoms with van der Waals surface area (Å²) in [4.78, 5) is 11.5. The quantitative estimate of drug-likeness (QED) is 0.666. The Bertz CT molecular complexity index is 326. The first kappa shape index (κ1) is 16.4. The molecule has 0 aromatic carbocycles. The summed E-state index contributed by atoms with van der Waals surface area (Å²) >= 11 is 0. The third-order valence-electron chi connectivity index (χ3n) is 2.61. The van der Waals surface area contributed by atoms with Gasteiger partial charge in [-0.2, -0.15) is 0 Å². The molecule has 0 aliphatic heterocycles. The number of sulfone groups is 1. The number of carbonyl (C=O) groups excluding carboxylic acids is 1. The topological polar surface area (TPSA) is 89.3 Å². The van der Waals surface area contributed by atoms with Crippen LogP contribution in [0.5, 0.6) is 0 Å². The van der Waals surface area contributed by atoms with Crippen LogP contribution in [0.15, 0.2) is 0 Å². The number of amides is 1. The summed E-state index contributed by atoms with van der Waals surface area (Å²) in [5.41, 5.74) is 5.52. The molecule has 0 rings (SSSR count). The van der Waals surface area contributed by atoms with E-state index in [1.165, 1.54) is 0 Å². The Labute approximate surface area is 104 Å². The highest BCUT2D eigenvalue weighted by Crippen LogP contribution is 2.02. The van der Waals surface area contributed by atoms with Gasteiger partial charge in [0.05, 0.1) is 5.25 Å². The van der Waals surface area contributed by atoms with Crippen LogP contribution in [0.4, 0.5) is 0 Å². The zero-order valence-corrected chi connectivity index (χ0v) is 11.7. The molecule has 0 fully saturated rings. The number of rotatable bonds is 8. The molecule has 17 heavy (non-hydrogen) atoms. The first-order valence-electron chi connectivity index (χ1n) is 6.04. The second-order valence-corrected chi connectivity index (χ2v) is 7.06. The number of nitrogens with one attached hydrogen (secondary N) is 1. The normalized spacial score (nSPS) is 13.7. The smallest absolute Gasteiger partial charge is 0.235 e. The van der Waals surface area contributed by atoms with Crippen LogP contribution in [-0.2, 0) is 14.6 Å². The van der Waals surface area contributed by atoms with Crippen molar-refractivity contribution in [3.63, 3.8) is 0 Å². The Hall–Kier alpha value is -0.620. The van der Waals surface area contributed by atoms with Crippen molar-refractivity contribution >= 4 is 15.7 Å². The molecule has 0 aromatic rings. The van der Waals surface area contributed by atoms with E-state index < -0.39 is 26.7 Å². The van der Waals surface area contributed by atoms with Gasteiger partial charge in [0.25, 0.3) is 0 Å². The predicted molar refractivity (Wildman–Crippen MR) is 69.4 cm³/mol. The molecule has 5 nitrogen and oxygen atoms in total. The van der Waals surface area contributed by atoms with Crippen LogP contribution in [0.2, 0.25) is 0 Å². The van der Waals surface area contributed by atoms with Crippen LogP contribution < -0.4 is 11.1 Å². The maximum atomic E-state index is 11.5. The number of hydrogen-bond donors (Lipinski definition) is 2. The predicted octanol–water partition coefficient (Wildman–Crippen LogP) is 0.443. The van der Waals surface area contributed by atoms with Gasteiger partial charge in [0.1, 0.15) is 5.75 Å². The lowest BCUT2D eigenvalue weighted by atomic mass is 10.1. The van der Waals surface area contributed by atoms with Gasteiger partial charge < -0.3 is 11.1 Å². The molecule has 0 aliphatic rings. The third kappa shape index (κ3) is 6.63. The molecule has 0 aromatic heterocycles. The molecular formula is C11H24N2O3S. The molecule has 0 saturated heterocycles. The van der Waals surface area contributed by atoms with E-state index in [0.717, 1.165) is 19.3 Å². The number of carbonyl (C=O) groups is 1. The van der Waals surface area contributed by atoms with Gasteiger partial charge in [-0.05, 0) is 20.3 Å². The fourth-order valence-corrected chi connectivity index (χ4v) is 2.10. The SMILES string of the molecule is CCCCC(CN)NC(=O)CS(=O)(=O)C(C)C. The van der Waals surface area contributed by atoms with Crippen molar-refractivity contribution in [1.29, 1.82) is 0 Å². The summed E-state index contributed by atoms with van der Waals surface area (Å²) in [5, 5.41) is 2.14. The van der Waals surface area contributed by atoms with Gasteiger partial charge in [0.2, 0.25) is 5.91 Å². The molecule has 102 valence electrons. The molecule has 1 amide bonds. The molecule has 0 saturated carbocycles. The van der Waals surface area contributed by atoms with Crippen molar-refractivity contribution in [2.75, 3.05) is 12.3 Å². The summed E-state index contributed by atoms with van der Waals surface area (Å²) in [6.07, 6.45) is 2.79. The van der Waals surface area contributed by atoms with Crippen LogP contribution >= 0.6 is 0 Å². The molecule has 0 bridgehead atoms. The van der Waals surface area contributed by atoms with Gasteiger partial charge >= 0.3 is 0 Å². The molecule has 1 atom stereocenters. The van der Waals surface area contributed by atoms with Crippen LogP contribution in [-0.4, -0.2) is 37.9 Å². The lowest BCUT2D eigenvalue weighted by Gasteiger charge is -2.17. The lowest BCUT2D eigenvalue weighted by molar-refractivity contribution is -0.119. The van der Waals surface area contributed by atoms with E-state index in [0.29, 0.717) is 6.54 Å². The van der Waals surface area contributed by atoms with Crippen molar-refractivity contribution in [3.05, 3.63) is 0 Å². The Morgan fingerprint density at radius 3 is 2.35 bits per heavy atom. The summed E-state index contributed by atoms with van der Waals surface area (Å²) < 4.78 is 23.1. The second kappa shape index (κ2) is 7.66. The fourth-order valence-electron chi connectivity index (χ4n) is 1.32. The number of hydrogen-bond acceptors (Lipinski definition) is 4. The van der Waals surface area contributed by atoms with E-state index in [9.17, 15) is 13.2 Å². The molecule has 1 unspecified atom stereocenters. The maximum Gasteiger partial charge on any atom is 0.235 e. The summed E-state index contributed by atoms with van der Waals surface area (Å²) in [5.74, 6) is -0.905. The van der Waals surface area contributed by atoms with E-state index in [1.807, 2.05) is 0 Å². The van der Waals surface area contributed by atoms with Crippen molar-refractivity contribution in [2.24, 2.45) is 5.73 Å². The molecule has 3 N–H and O–H groups in total. The summed E-state index contributed by atoms with van der Waals surface area (Å²) in [6.45, 7) is 5.53. The number of nitrogens with two attached hydrogens (primary N) is 1. The van der Waals surface area contributed by atoms with E-state index in [2.05, 4.69) is 12.2 Å². The van der Waals surface area contributed by atoms with Gasteiger partial charge in [-0.3, -0.25) is 4.79 Å². The highest BCUT2D eigenvalue weighted by molar-refractivity contribution is 7.92. The Kier molecular flexibility index (Phi) is 7.38. The zero-order chi connectivity index (χ0) is 13.5. The largest absolute Gasteiger partial charge is 0.351 e. The van der Waals surface area contributed by atoms with E-state index in [-0.39, 0.29) is 6.04 Å². The molecule has 0 aliphatic carbocycles. The number of unbranched alkanes of at least 4 members (excludes halogenated alkanes) is 1. The second-order valence-electron chi connectivity index (χ2n) is 4.50. The van der Waals surface area contributed by atoms with E-state index in [1.54, 1.807) is 13.8 Å². The van der Waals surface area contributed by atoms with Crippen LogP contribution in [0.3, 0.4) is 0 Å². The van der Waals surface area contributed by atoms with Gasteiger partial charge in [-0.1, -0.05) is 19.8 Å². The van der Waals surface area contributed by atoms with Gasteiger partial charge in [-0.15, -0.1) is 0 Å². The van der Waals surface area contributed by atoms with Crippen molar-refractivity contribution in [1.82, 2.24) is 5.32 Å². The lowest BCUT2D eigenvalue weighted by Crippen LogP contribution is -2.43.